The van der Waals surface area contributed by atoms with Crippen LogP contribution >= 0.6 is 11.3 Å². The quantitative estimate of drug-likeness (QED) is 0.861. The van der Waals surface area contributed by atoms with Gasteiger partial charge in [0.2, 0.25) is 5.91 Å². The molecule has 1 heterocycles. The number of aromatic carboxylic acids is 1. The Morgan fingerprint density at radius 1 is 1.35 bits per heavy atom. The van der Waals surface area contributed by atoms with Gasteiger partial charge in [-0.25, -0.2) is 4.79 Å². The third-order valence-corrected chi connectivity index (χ3v) is 5.02. The summed E-state index contributed by atoms with van der Waals surface area (Å²) >= 11 is 1.16. The Bertz CT molecular complexity index is 489. The van der Waals surface area contributed by atoms with Gasteiger partial charge in [0, 0.05) is 6.42 Å². The summed E-state index contributed by atoms with van der Waals surface area (Å²) in [6, 6.07) is 0. The van der Waals surface area contributed by atoms with Crippen molar-refractivity contribution in [1.29, 1.82) is 0 Å². The minimum absolute atomic E-state index is 0.0698. The zero-order valence-electron chi connectivity index (χ0n) is 11.8. The summed E-state index contributed by atoms with van der Waals surface area (Å²) in [5.74, 6) is -0.387. The highest BCUT2D eigenvalue weighted by atomic mass is 32.1. The fourth-order valence-electron chi connectivity index (χ4n) is 2.77. The number of carbonyl (C=O) groups is 2. The molecular weight excluding hydrogens is 274 g/mol. The van der Waals surface area contributed by atoms with Crippen LogP contribution in [-0.4, -0.2) is 17.0 Å². The van der Waals surface area contributed by atoms with Crippen molar-refractivity contribution < 1.29 is 14.7 Å². The number of carboxylic acids is 1. The zero-order valence-corrected chi connectivity index (χ0v) is 12.6. The second-order valence-electron chi connectivity index (χ2n) is 5.52. The fraction of sp³-hybridized carbons (Fsp3) is 0.600. The monoisotopic (exact) mass is 295 g/mol. The van der Waals surface area contributed by atoms with Crippen molar-refractivity contribution in [1.82, 2.24) is 0 Å². The molecule has 0 bridgehead atoms. The van der Waals surface area contributed by atoms with E-state index in [0.29, 0.717) is 18.0 Å². The summed E-state index contributed by atoms with van der Waals surface area (Å²) in [5, 5.41) is 13.6. The van der Waals surface area contributed by atoms with Gasteiger partial charge < -0.3 is 10.4 Å². The van der Waals surface area contributed by atoms with Crippen LogP contribution in [0.5, 0.6) is 0 Å². The molecule has 0 spiro atoms. The SMILES string of the molecule is Cc1csc(C(=O)O)c1NC(=O)CCC1CCCCC1. The molecule has 2 rings (SSSR count). The number of aryl methyl sites for hydroxylation is 1. The summed E-state index contributed by atoms with van der Waals surface area (Å²) < 4.78 is 0. The maximum Gasteiger partial charge on any atom is 0.348 e. The lowest BCUT2D eigenvalue weighted by Crippen LogP contribution is -2.16. The van der Waals surface area contributed by atoms with Gasteiger partial charge in [-0.1, -0.05) is 32.1 Å². The molecule has 110 valence electrons. The first-order valence-electron chi connectivity index (χ1n) is 7.19. The molecular formula is C15H21NO3S. The van der Waals surface area contributed by atoms with E-state index in [-0.39, 0.29) is 10.8 Å². The van der Waals surface area contributed by atoms with Gasteiger partial charge in [-0.3, -0.25) is 4.79 Å². The van der Waals surface area contributed by atoms with E-state index in [0.717, 1.165) is 23.3 Å². The second-order valence-corrected chi connectivity index (χ2v) is 6.40. The predicted octanol–water partition coefficient (Wildman–Crippen LogP) is 4.05. The number of carboxylic acid groups (broad SMARTS) is 1. The van der Waals surface area contributed by atoms with E-state index in [1.165, 1.54) is 32.1 Å². The van der Waals surface area contributed by atoms with Gasteiger partial charge in [0.25, 0.3) is 0 Å². The van der Waals surface area contributed by atoms with Crippen molar-refractivity contribution in [2.24, 2.45) is 5.92 Å². The van der Waals surface area contributed by atoms with Gasteiger partial charge >= 0.3 is 5.97 Å². The lowest BCUT2D eigenvalue weighted by atomic mass is 9.86. The number of rotatable bonds is 5. The van der Waals surface area contributed by atoms with Crippen LogP contribution < -0.4 is 5.32 Å². The number of anilines is 1. The van der Waals surface area contributed by atoms with E-state index in [9.17, 15) is 9.59 Å². The molecule has 2 N–H and O–H groups in total. The first kappa shape index (κ1) is 15.0. The zero-order chi connectivity index (χ0) is 14.5. The van der Waals surface area contributed by atoms with Gasteiger partial charge in [-0.15, -0.1) is 11.3 Å². The summed E-state index contributed by atoms with van der Waals surface area (Å²) in [6.45, 7) is 1.82. The molecule has 0 atom stereocenters. The number of thiophene rings is 1. The third-order valence-electron chi connectivity index (χ3n) is 3.94. The van der Waals surface area contributed by atoms with Crippen molar-refractivity contribution in [2.45, 2.75) is 51.9 Å². The van der Waals surface area contributed by atoms with Gasteiger partial charge in [0.1, 0.15) is 4.88 Å². The Labute approximate surface area is 123 Å². The lowest BCUT2D eigenvalue weighted by Gasteiger charge is -2.21. The highest BCUT2D eigenvalue weighted by molar-refractivity contribution is 7.12. The Morgan fingerprint density at radius 2 is 2.05 bits per heavy atom. The number of hydrogen-bond acceptors (Lipinski definition) is 3. The van der Waals surface area contributed by atoms with Gasteiger partial charge in [-0.2, -0.15) is 0 Å². The van der Waals surface area contributed by atoms with E-state index in [2.05, 4.69) is 5.32 Å². The van der Waals surface area contributed by atoms with E-state index < -0.39 is 5.97 Å². The molecule has 1 saturated carbocycles. The molecule has 1 fully saturated rings. The van der Waals surface area contributed by atoms with E-state index >= 15 is 0 Å². The standard InChI is InChI=1S/C15H21NO3S/c1-10-9-20-14(15(18)19)13(10)16-12(17)8-7-11-5-3-2-4-6-11/h9,11H,2-8H2,1H3,(H,16,17)(H,18,19). The Hall–Kier alpha value is -1.36. The summed E-state index contributed by atoms with van der Waals surface area (Å²) in [6.07, 6.45) is 7.73. The van der Waals surface area contributed by atoms with Gasteiger partial charge in [-0.05, 0) is 30.2 Å². The summed E-state index contributed by atoms with van der Waals surface area (Å²) in [7, 11) is 0. The second kappa shape index (κ2) is 6.88. The topological polar surface area (TPSA) is 66.4 Å². The molecule has 0 aromatic carbocycles. The van der Waals surface area contributed by atoms with E-state index in [1.54, 1.807) is 5.38 Å². The van der Waals surface area contributed by atoms with E-state index in [4.69, 9.17) is 5.11 Å². The molecule has 4 nitrogen and oxygen atoms in total. The highest BCUT2D eigenvalue weighted by Crippen LogP contribution is 2.29. The van der Waals surface area contributed by atoms with Gasteiger partial charge in [0.05, 0.1) is 5.69 Å². The lowest BCUT2D eigenvalue weighted by molar-refractivity contribution is -0.116. The molecule has 1 aromatic heterocycles. The van der Waals surface area contributed by atoms with Crippen molar-refractivity contribution in [3.63, 3.8) is 0 Å². The predicted molar refractivity (Wildman–Crippen MR) is 80.5 cm³/mol. The number of carbonyl (C=O) groups excluding carboxylic acids is 1. The van der Waals surface area contributed by atoms with Crippen LogP contribution in [0, 0.1) is 12.8 Å². The van der Waals surface area contributed by atoms with Crippen LogP contribution in [0.3, 0.4) is 0 Å². The molecule has 0 radical (unpaired) electrons. The van der Waals surface area contributed by atoms with Crippen LogP contribution in [0.25, 0.3) is 0 Å². The third kappa shape index (κ3) is 3.82. The van der Waals surface area contributed by atoms with Crippen molar-refractivity contribution in [2.75, 3.05) is 5.32 Å². The van der Waals surface area contributed by atoms with Crippen LogP contribution in [0.15, 0.2) is 5.38 Å². The molecule has 0 aliphatic heterocycles. The molecule has 0 saturated heterocycles. The first-order chi connectivity index (χ1) is 9.58. The normalized spacial score (nSPS) is 16.1. The maximum atomic E-state index is 12.0. The van der Waals surface area contributed by atoms with E-state index in [1.807, 2.05) is 6.92 Å². The van der Waals surface area contributed by atoms with Crippen LogP contribution in [-0.2, 0) is 4.79 Å². The van der Waals surface area contributed by atoms with Gasteiger partial charge in [0.15, 0.2) is 0 Å². The average Bonchev–Trinajstić information content (AvgIpc) is 2.79. The maximum absolute atomic E-state index is 12.0. The average molecular weight is 295 g/mol. The summed E-state index contributed by atoms with van der Waals surface area (Å²) in [4.78, 5) is 23.3. The molecule has 1 aromatic rings. The Kier molecular flexibility index (Phi) is 5.17. The molecule has 1 aliphatic rings. The van der Waals surface area contributed by atoms with Crippen LogP contribution in [0.1, 0.15) is 60.2 Å². The Balaban J connectivity index is 1.88. The minimum atomic E-state index is -0.981. The largest absolute Gasteiger partial charge is 0.477 e. The first-order valence-corrected chi connectivity index (χ1v) is 8.07. The molecule has 1 aliphatic carbocycles. The fourth-order valence-corrected chi connectivity index (χ4v) is 3.61. The van der Waals surface area contributed by atoms with Crippen molar-refractivity contribution >= 4 is 28.9 Å². The molecule has 0 unspecified atom stereocenters. The molecule has 20 heavy (non-hydrogen) atoms. The minimum Gasteiger partial charge on any atom is -0.477 e. The molecule has 1 amide bonds. The van der Waals surface area contributed by atoms with Crippen LogP contribution in [0.2, 0.25) is 0 Å². The Morgan fingerprint density at radius 3 is 2.70 bits per heavy atom. The smallest absolute Gasteiger partial charge is 0.348 e. The number of nitrogens with one attached hydrogen (secondary N) is 1. The number of amides is 1. The number of hydrogen-bond donors (Lipinski definition) is 2. The van der Waals surface area contributed by atoms with Crippen molar-refractivity contribution in [3.05, 3.63) is 15.8 Å². The summed E-state index contributed by atoms with van der Waals surface area (Å²) in [5.41, 5.74) is 1.29. The highest BCUT2D eigenvalue weighted by Gasteiger charge is 2.19. The van der Waals surface area contributed by atoms with Crippen molar-refractivity contribution in [3.8, 4) is 0 Å². The van der Waals surface area contributed by atoms with Crippen LogP contribution in [0.4, 0.5) is 5.69 Å². The molecule has 5 heteroatoms.